The molecule has 0 atom stereocenters. The summed E-state index contributed by atoms with van der Waals surface area (Å²) in [6, 6.07) is 0. The first-order valence-corrected chi connectivity index (χ1v) is 6.71. The third-order valence-electron chi connectivity index (χ3n) is 3.11. The van der Waals surface area contributed by atoms with Crippen molar-refractivity contribution in [1.82, 2.24) is 24.3 Å². The highest BCUT2D eigenvalue weighted by molar-refractivity contribution is 9.10. The molecule has 0 saturated carbocycles. The maximum Gasteiger partial charge on any atom is 0.185 e. The zero-order chi connectivity index (χ0) is 12.5. The molecule has 1 N–H and O–H groups in total. The second-order valence-corrected chi connectivity index (χ2v) is 5.28. The van der Waals surface area contributed by atoms with Gasteiger partial charge >= 0.3 is 0 Å². The number of nitrogens with zero attached hydrogens (tertiary/aromatic N) is 5. The molecule has 0 unspecified atom stereocenters. The molecule has 18 heavy (non-hydrogen) atoms. The Labute approximate surface area is 114 Å². The summed E-state index contributed by atoms with van der Waals surface area (Å²) in [6.07, 6.45) is 5.59. The Kier molecular flexibility index (Phi) is 3.19. The van der Waals surface area contributed by atoms with E-state index in [1.807, 2.05) is 16.8 Å². The highest BCUT2D eigenvalue weighted by Crippen LogP contribution is 2.17. The molecule has 0 radical (unpaired) electrons. The zero-order valence-electron chi connectivity index (χ0n) is 10.2. The van der Waals surface area contributed by atoms with Gasteiger partial charge in [-0.1, -0.05) is 0 Å². The smallest absolute Gasteiger partial charge is 0.185 e. The lowest BCUT2D eigenvalue weighted by Crippen LogP contribution is -2.47. The standard InChI is InChI=1S/C11H15BrN6/c1-16-4-6-18(7-5-16)15-10-11-13-2-3-17(11)8-9(12)14-10/h2-3,8H,4-7H2,1H3,(H,14,15). The number of anilines is 1. The average Bonchev–Trinajstić information content (AvgIpc) is 2.80. The van der Waals surface area contributed by atoms with E-state index >= 15 is 0 Å². The number of imidazole rings is 1. The van der Waals surface area contributed by atoms with Gasteiger partial charge in [0.25, 0.3) is 0 Å². The van der Waals surface area contributed by atoms with Crippen molar-refractivity contribution in [2.45, 2.75) is 0 Å². The maximum atomic E-state index is 4.45. The van der Waals surface area contributed by atoms with Crippen molar-refractivity contribution < 1.29 is 0 Å². The molecule has 1 aliphatic heterocycles. The number of aromatic nitrogens is 3. The van der Waals surface area contributed by atoms with Gasteiger partial charge in [-0.15, -0.1) is 0 Å². The fraction of sp³-hybridized carbons (Fsp3) is 0.455. The van der Waals surface area contributed by atoms with E-state index in [1.54, 1.807) is 6.20 Å². The molecule has 3 rings (SSSR count). The molecule has 2 aromatic rings. The molecular formula is C11H15BrN6. The van der Waals surface area contributed by atoms with Crippen LogP contribution in [0.5, 0.6) is 0 Å². The van der Waals surface area contributed by atoms with Gasteiger partial charge in [-0.3, -0.25) is 5.43 Å². The van der Waals surface area contributed by atoms with Crippen LogP contribution >= 0.6 is 15.9 Å². The SMILES string of the molecule is CN1CCN(Nc2nc(Br)cn3ccnc23)CC1. The van der Waals surface area contributed by atoms with Crippen molar-refractivity contribution in [3.8, 4) is 0 Å². The van der Waals surface area contributed by atoms with Gasteiger partial charge in [-0.25, -0.2) is 15.0 Å². The molecule has 0 bridgehead atoms. The van der Waals surface area contributed by atoms with Gasteiger partial charge in [0.15, 0.2) is 11.5 Å². The number of piperazine rings is 1. The summed E-state index contributed by atoms with van der Waals surface area (Å²) in [5.74, 6) is 0.791. The lowest BCUT2D eigenvalue weighted by Gasteiger charge is -2.32. The monoisotopic (exact) mass is 310 g/mol. The Bertz CT molecular complexity index is 545. The van der Waals surface area contributed by atoms with Crippen LogP contribution in [0.1, 0.15) is 0 Å². The fourth-order valence-electron chi connectivity index (χ4n) is 2.04. The Morgan fingerprint density at radius 3 is 2.83 bits per heavy atom. The zero-order valence-corrected chi connectivity index (χ0v) is 11.8. The van der Waals surface area contributed by atoms with Crippen LogP contribution < -0.4 is 5.43 Å². The van der Waals surface area contributed by atoms with E-state index in [2.05, 4.69) is 48.3 Å². The van der Waals surface area contributed by atoms with Gasteiger partial charge in [0.2, 0.25) is 0 Å². The number of hydrogen-bond donors (Lipinski definition) is 1. The first kappa shape index (κ1) is 11.9. The first-order chi connectivity index (χ1) is 8.72. The van der Waals surface area contributed by atoms with Crippen molar-refractivity contribution in [2.75, 3.05) is 38.7 Å². The van der Waals surface area contributed by atoms with E-state index in [0.29, 0.717) is 0 Å². The highest BCUT2D eigenvalue weighted by atomic mass is 79.9. The minimum atomic E-state index is 0.791. The molecule has 1 saturated heterocycles. The van der Waals surface area contributed by atoms with Gasteiger partial charge in [-0.2, -0.15) is 0 Å². The van der Waals surface area contributed by atoms with Crippen LogP contribution in [0, 0.1) is 0 Å². The average molecular weight is 311 g/mol. The van der Waals surface area contributed by atoms with Crippen LogP contribution in [-0.2, 0) is 0 Å². The summed E-state index contributed by atoms with van der Waals surface area (Å²) in [4.78, 5) is 11.1. The third-order valence-corrected chi connectivity index (χ3v) is 3.49. The fourth-order valence-corrected chi connectivity index (χ4v) is 2.44. The highest BCUT2D eigenvalue weighted by Gasteiger charge is 2.15. The molecule has 2 aromatic heterocycles. The number of fused-ring (bicyclic) bond motifs is 1. The van der Waals surface area contributed by atoms with Crippen molar-refractivity contribution in [3.63, 3.8) is 0 Å². The molecule has 0 spiro atoms. The summed E-state index contributed by atoms with van der Waals surface area (Å²) in [5.41, 5.74) is 4.20. The number of rotatable bonds is 2. The van der Waals surface area contributed by atoms with Crippen LogP contribution in [0.3, 0.4) is 0 Å². The van der Waals surface area contributed by atoms with Gasteiger partial charge in [0.05, 0.1) is 0 Å². The summed E-state index contributed by atoms with van der Waals surface area (Å²) >= 11 is 3.42. The van der Waals surface area contributed by atoms with Crippen molar-refractivity contribution in [2.24, 2.45) is 0 Å². The maximum absolute atomic E-state index is 4.45. The van der Waals surface area contributed by atoms with Crippen LogP contribution in [0.4, 0.5) is 5.82 Å². The molecule has 0 aliphatic carbocycles. The van der Waals surface area contributed by atoms with E-state index in [-0.39, 0.29) is 0 Å². The molecule has 1 aliphatic rings. The van der Waals surface area contributed by atoms with Crippen molar-refractivity contribution in [3.05, 3.63) is 23.2 Å². The summed E-state index contributed by atoms with van der Waals surface area (Å²) in [6.45, 7) is 4.09. The molecule has 6 nitrogen and oxygen atoms in total. The minimum Gasteiger partial charge on any atom is -0.304 e. The van der Waals surface area contributed by atoms with Crippen molar-refractivity contribution >= 4 is 27.4 Å². The first-order valence-electron chi connectivity index (χ1n) is 5.92. The van der Waals surface area contributed by atoms with Crippen LogP contribution in [0.15, 0.2) is 23.2 Å². The quantitative estimate of drug-likeness (QED) is 0.899. The van der Waals surface area contributed by atoms with Gasteiger partial charge in [0, 0.05) is 44.8 Å². The predicted molar refractivity (Wildman–Crippen MR) is 73.4 cm³/mol. The summed E-state index contributed by atoms with van der Waals surface area (Å²) in [7, 11) is 2.14. The molecule has 0 amide bonds. The van der Waals surface area contributed by atoms with Gasteiger partial charge in [0.1, 0.15) is 4.60 Å². The Morgan fingerprint density at radius 2 is 2.06 bits per heavy atom. The number of likely N-dealkylation sites (N-methyl/N-ethyl adjacent to an activating group) is 1. The number of hydrogen-bond acceptors (Lipinski definition) is 5. The molecule has 0 aromatic carbocycles. The summed E-state index contributed by atoms with van der Waals surface area (Å²) < 4.78 is 2.75. The van der Waals surface area contributed by atoms with Gasteiger partial charge < -0.3 is 9.30 Å². The van der Waals surface area contributed by atoms with Crippen molar-refractivity contribution in [1.29, 1.82) is 0 Å². The summed E-state index contributed by atoms with van der Waals surface area (Å²) in [5, 5.41) is 2.18. The Hall–Kier alpha value is -1.18. The number of nitrogens with one attached hydrogen (secondary N) is 1. The number of halogens is 1. The normalized spacial score (nSPS) is 18.3. The van der Waals surface area contributed by atoms with E-state index in [1.165, 1.54) is 0 Å². The molecule has 7 heteroatoms. The van der Waals surface area contributed by atoms with Gasteiger partial charge in [-0.05, 0) is 23.0 Å². The molecule has 1 fully saturated rings. The van der Waals surface area contributed by atoms with E-state index in [4.69, 9.17) is 0 Å². The largest absolute Gasteiger partial charge is 0.304 e. The molecule has 96 valence electrons. The van der Waals surface area contributed by atoms with E-state index < -0.39 is 0 Å². The Morgan fingerprint density at radius 1 is 1.28 bits per heavy atom. The Balaban J connectivity index is 1.83. The lowest BCUT2D eigenvalue weighted by atomic mass is 10.4. The van der Waals surface area contributed by atoms with E-state index in [0.717, 1.165) is 42.2 Å². The van der Waals surface area contributed by atoms with Crippen LogP contribution in [0.2, 0.25) is 0 Å². The minimum absolute atomic E-state index is 0.791. The molecular weight excluding hydrogens is 296 g/mol. The van der Waals surface area contributed by atoms with E-state index in [9.17, 15) is 0 Å². The lowest BCUT2D eigenvalue weighted by molar-refractivity contribution is 0.178. The van der Waals surface area contributed by atoms with Crippen LogP contribution in [-0.4, -0.2) is 57.5 Å². The molecule has 3 heterocycles. The second-order valence-electron chi connectivity index (χ2n) is 4.47. The topological polar surface area (TPSA) is 48.7 Å². The number of hydrazine groups is 1. The van der Waals surface area contributed by atoms with Crippen LogP contribution in [0.25, 0.3) is 5.65 Å². The predicted octanol–water partition coefficient (Wildman–Crippen LogP) is 1.07. The third kappa shape index (κ3) is 2.33. The second kappa shape index (κ2) is 4.83.